The summed E-state index contributed by atoms with van der Waals surface area (Å²) >= 11 is 0. The Morgan fingerprint density at radius 3 is 2.60 bits per heavy atom. The van der Waals surface area contributed by atoms with Gasteiger partial charge in [-0.15, -0.1) is 0 Å². The summed E-state index contributed by atoms with van der Waals surface area (Å²) in [4.78, 5) is 13.0. The van der Waals surface area contributed by atoms with Gasteiger partial charge in [-0.05, 0) is 25.7 Å². The molecule has 3 nitrogen and oxygen atoms in total. The Hall–Kier alpha value is -1.61. The van der Waals surface area contributed by atoms with E-state index in [-0.39, 0.29) is 5.97 Å². The molecule has 80 valence electrons. The third-order valence-electron chi connectivity index (χ3n) is 1.68. The monoisotopic (exact) mass is 205 g/mol. The van der Waals surface area contributed by atoms with Crippen LogP contribution < -0.4 is 0 Å². The fraction of sp³-hybridized carbons (Fsp3) is 0.250. The number of carbonyl (C=O) groups excluding carboxylic acids is 1. The van der Waals surface area contributed by atoms with Gasteiger partial charge in [0.05, 0.1) is 0 Å². The standard InChI is InChI=1S/C12H15NO2/c1-13(2)10-15-12(14)9-8-11-6-4-3-5-7-11/h3-9H,10H2,1-2H3/b9-8+. The molecular formula is C12H15NO2. The largest absolute Gasteiger partial charge is 0.446 e. The molecule has 0 saturated heterocycles. The van der Waals surface area contributed by atoms with Crippen molar-refractivity contribution in [2.45, 2.75) is 0 Å². The van der Waals surface area contributed by atoms with Gasteiger partial charge in [0.15, 0.2) is 0 Å². The van der Waals surface area contributed by atoms with Gasteiger partial charge < -0.3 is 4.74 Å². The van der Waals surface area contributed by atoms with Gasteiger partial charge in [0.1, 0.15) is 6.73 Å². The van der Waals surface area contributed by atoms with Gasteiger partial charge in [0, 0.05) is 6.08 Å². The van der Waals surface area contributed by atoms with Crippen LogP contribution in [0.5, 0.6) is 0 Å². The maximum absolute atomic E-state index is 11.2. The second-order valence-electron chi connectivity index (χ2n) is 3.42. The molecule has 1 aromatic rings. The molecule has 3 heteroatoms. The molecule has 0 aliphatic heterocycles. The van der Waals surface area contributed by atoms with Crippen LogP contribution in [-0.2, 0) is 9.53 Å². The van der Waals surface area contributed by atoms with Gasteiger partial charge in [0.25, 0.3) is 0 Å². The highest BCUT2D eigenvalue weighted by atomic mass is 16.5. The Morgan fingerprint density at radius 1 is 1.33 bits per heavy atom. The summed E-state index contributed by atoms with van der Waals surface area (Å²) in [6, 6.07) is 9.63. The van der Waals surface area contributed by atoms with Crippen molar-refractivity contribution < 1.29 is 9.53 Å². The van der Waals surface area contributed by atoms with E-state index in [2.05, 4.69) is 0 Å². The second-order valence-corrected chi connectivity index (χ2v) is 3.42. The lowest BCUT2D eigenvalue weighted by atomic mass is 10.2. The first-order chi connectivity index (χ1) is 7.18. The molecule has 0 amide bonds. The predicted octanol–water partition coefficient (Wildman–Crippen LogP) is 1.76. The number of rotatable bonds is 4. The molecule has 0 aromatic heterocycles. The van der Waals surface area contributed by atoms with E-state index in [9.17, 15) is 4.79 Å². The Morgan fingerprint density at radius 2 is 2.00 bits per heavy atom. The van der Waals surface area contributed by atoms with Crippen molar-refractivity contribution in [1.29, 1.82) is 0 Å². The number of hydrogen-bond acceptors (Lipinski definition) is 3. The number of esters is 1. The lowest BCUT2D eigenvalue weighted by Gasteiger charge is -2.08. The van der Waals surface area contributed by atoms with Crippen LogP contribution in [0.25, 0.3) is 6.08 Å². The molecule has 0 unspecified atom stereocenters. The number of nitrogens with zero attached hydrogens (tertiary/aromatic N) is 1. The highest BCUT2D eigenvalue weighted by Crippen LogP contribution is 2.00. The molecular weight excluding hydrogens is 190 g/mol. The van der Waals surface area contributed by atoms with Crippen LogP contribution >= 0.6 is 0 Å². The van der Waals surface area contributed by atoms with Crippen molar-refractivity contribution in [2.24, 2.45) is 0 Å². The summed E-state index contributed by atoms with van der Waals surface area (Å²) in [6.07, 6.45) is 3.16. The normalized spacial score (nSPS) is 10.9. The maximum Gasteiger partial charge on any atom is 0.332 e. The van der Waals surface area contributed by atoms with Crippen LogP contribution in [0.2, 0.25) is 0 Å². The van der Waals surface area contributed by atoms with Crippen LogP contribution in [0.3, 0.4) is 0 Å². The minimum Gasteiger partial charge on any atom is -0.446 e. The van der Waals surface area contributed by atoms with Crippen LogP contribution in [0, 0.1) is 0 Å². The lowest BCUT2D eigenvalue weighted by Crippen LogP contribution is -2.18. The minimum absolute atomic E-state index is 0.304. The Balaban J connectivity index is 2.41. The SMILES string of the molecule is CN(C)COC(=O)/C=C/c1ccccc1. The van der Waals surface area contributed by atoms with Crippen LogP contribution in [0.15, 0.2) is 36.4 Å². The summed E-state index contributed by atoms with van der Waals surface area (Å²) in [6.45, 7) is 0.304. The topological polar surface area (TPSA) is 29.5 Å². The van der Waals surface area contributed by atoms with Crippen molar-refractivity contribution >= 4 is 12.0 Å². The summed E-state index contributed by atoms with van der Waals surface area (Å²) in [5.41, 5.74) is 0.985. The van der Waals surface area contributed by atoms with Gasteiger partial charge in [0.2, 0.25) is 0 Å². The molecule has 15 heavy (non-hydrogen) atoms. The molecule has 0 N–H and O–H groups in total. The fourth-order valence-electron chi connectivity index (χ4n) is 0.969. The smallest absolute Gasteiger partial charge is 0.332 e. The van der Waals surface area contributed by atoms with E-state index in [1.165, 1.54) is 6.08 Å². The van der Waals surface area contributed by atoms with E-state index in [4.69, 9.17) is 4.74 Å². The molecule has 0 saturated carbocycles. The Bertz CT molecular complexity index is 331. The van der Waals surface area contributed by atoms with E-state index in [0.717, 1.165) is 5.56 Å². The molecule has 0 fully saturated rings. The van der Waals surface area contributed by atoms with Crippen molar-refractivity contribution in [1.82, 2.24) is 4.90 Å². The average molecular weight is 205 g/mol. The van der Waals surface area contributed by atoms with Crippen molar-refractivity contribution in [3.63, 3.8) is 0 Å². The van der Waals surface area contributed by atoms with E-state index in [0.29, 0.717) is 6.73 Å². The van der Waals surface area contributed by atoms with Crippen molar-refractivity contribution in [2.75, 3.05) is 20.8 Å². The van der Waals surface area contributed by atoms with Gasteiger partial charge in [-0.1, -0.05) is 30.3 Å². The molecule has 0 atom stereocenters. The van der Waals surface area contributed by atoms with Gasteiger partial charge >= 0.3 is 5.97 Å². The fourth-order valence-corrected chi connectivity index (χ4v) is 0.969. The van der Waals surface area contributed by atoms with Crippen LogP contribution in [0.1, 0.15) is 5.56 Å². The third-order valence-corrected chi connectivity index (χ3v) is 1.68. The summed E-state index contributed by atoms with van der Waals surface area (Å²) in [5, 5.41) is 0. The molecule has 0 bridgehead atoms. The van der Waals surface area contributed by atoms with E-state index in [1.54, 1.807) is 11.0 Å². The van der Waals surface area contributed by atoms with Crippen LogP contribution in [-0.4, -0.2) is 31.7 Å². The second kappa shape index (κ2) is 5.98. The first-order valence-electron chi connectivity index (χ1n) is 4.73. The van der Waals surface area contributed by atoms with Crippen molar-refractivity contribution in [3.05, 3.63) is 42.0 Å². The molecule has 1 aromatic carbocycles. The van der Waals surface area contributed by atoms with Crippen molar-refractivity contribution in [3.8, 4) is 0 Å². The van der Waals surface area contributed by atoms with Gasteiger partial charge in [-0.25, -0.2) is 4.79 Å². The molecule has 0 aliphatic carbocycles. The average Bonchev–Trinajstić information content (AvgIpc) is 2.25. The summed E-state index contributed by atoms with van der Waals surface area (Å²) in [5.74, 6) is -0.326. The summed E-state index contributed by atoms with van der Waals surface area (Å²) in [7, 11) is 3.68. The quantitative estimate of drug-likeness (QED) is 0.426. The molecule has 0 radical (unpaired) electrons. The number of carbonyl (C=O) groups is 1. The minimum atomic E-state index is -0.326. The number of benzene rings is 1. The zero-order chi connectivity index (χ0) is 11.1. The third kappa shape index (κ3) is 4.98. The molecule has 0 heterocycles. The summed E-state index contributed by atoms with van der Waals surface area (Å²) < 4.78 is 4.93. The number of hydrogen-bond donors (Lipinski definition) is 0. The first kappa shape index (κ1) is 11.5. The Labute approximate surface area is 90.0 Å². The number of ether oxygens (including phenoxy) is 1. The lowest BCUT2D eigenvalue weighted by molar-refractivity contribution is -0.141. The van der Waals surface area contributed by atoms with E-state index >= 15 is 0 Å². The molecule has 0 spiro atoms. The van der Waals surface area contributed by atoms with Gasteiger partial charge in [-0.3, -0.25) is 4.90 Å². The van der Waals surface area contributed by atoms with E-state index in [1.807, 2.05) is 44.4 Å². The highest BCUT2D eigenvalue weighted by Gasteiger charge is 1.96. The van der Waals surface area contributed by atoms with Gasteiger partial charge in [-0.2, -0.15) is 0 Å². The highest BCUT2D eigenvalue weighted by molar-refractivity contribution is 5.86. The van der Waals surface area contributed by atoms with Crippen LogP contribution in [0.4, 0.5) is 0 Å². The molecule has 1 rings (SSSR count). The maximum atomic E-state index is 11.2. The molecule has 0 aliphatic rings. The predicted molar refractivity (Wildman–Crippen MR) is 60.1 cm³/mol. The van der Waals surface area contributed by atoms with E-state index < -0.39 is 0 Å². The Kier molecular flexibility index (Phi) is 4.57. The first-order valence-corrected chi connectivity index (χ1v) is 4.73. The zero-order valence-electron chi connectivity index (χ0n) is 9.01. The zero-order valence-corrected chi connectivity index (χ0v) is 9.01.